The smallest absolute Gasteiger partial charge is 0.0956 e. The largest absolute Gasteiger partial charge is 0.299 e. The van der Waals surface area contributed by atoms with Crippen LogP contribution in [0.1, 0.15) is 22.7 Å². The molecule has 0 fully saturated rings. The second-order valence-electron chi connectivity index (χ2n) is 5.09. The summed E-state index contributed by atoms with van der Waals surface area (Å²) in [5.74, 6) is 0. The minimum atomic E-state index is 0.542. The van der Waals surface area contributed by atoms with Crippen LogP contribution in [0.2, 0.25) is 0 Å². The molecular formula is C14H15N3. The van der Waals surface area contributed by atoms with Crippen LogP contribution in [0.15, 0.2) is 24.4 Å². The van der Waals surface area contributed by atoms with Gasteiger partial charge in [-0.15, -0.1) is 0 Å². The molecule has 2 heterocycles. The number of hydrogen-bond donors (Lipinski definition) is 1. The van der Waals surface area contributed by atoms with Crippen molar-refractivity contribution < 1.29 is 0 Å². The van der Waals surface area contributed by atoms with Crippen LogP contribution in [0.5, 0.6) is 0 Å². The average Bonchev–Trinajstić information content (AvgIpc) is 2.82. The van der Waals surface area contributed by atoms with Crippen LogP contribution in [0.25, 0.3) is 11.3 Å². The van der Waals surface area contributed by atoms with Crippen molar-refractivity contribution in [3.8, 4) is 11.3 Å². The summed E-state index contributed by atoms with van der Waals surface area (Å²) in [5, 5.41) is 7.43. The summed E-state index contributed by atoms with van der Waals surface area (Å²) < 4.78 is 0. The van der Waals surface area contributed by atoms with Crippen molar-refractivity contribution in [2.45, 2.75) is 18.9 Å². The minimum Gasteiger partial charge on any atom is -0.299 e. The Morgan fingerprint density at radius 3 is 3.24 bits per heavy atom. The molecule has 17 heavy (non-hydrogen) atoms. The van der Waals surface area contributed by atoms with Crippen molar-refractivity contribution in [2.24, 2.45) is 0 Å². The van der Waals surface area contributed by atoms with Gasteiger partial charge < -0.3 is 0 Å². The minimum absolute atomic E-state index is 0.542. The number of aromatic amines is 1. The van der Waals surface area contributed by atoms with Crippen LogP contribution in [-0.4, -0.2) is 28.7 Å². The van der Waals surface area contributed by atoms with Gasteiger partial charge in [0.1, 0.15) is 0 Å². The second kappa shape index (κ2) is 3.20. The highest BCUT2D eigenvalue weighted by Gasteiger charge is 2.33. The zero-order valence-corrected chi connectivity index (χ0v) is 9.90. The number of fused-ring (bicyclic) bond motifs is 2. The van der Waals surface area contributed by atoms with Crippen molar-refractivity contribution in [1.29, 1.82) is 0 Å². The summed E-state index contributed by atoms with van der Waals surface area (Å²) >= 11 is 0. The summed E-state index contributed by atoms with van der Waals surface area (Å²) in [7, 11) is 2.23. The van der Waals surface area contributed by atoms with Crippen molar-refractivity contribution in [3.63, 3.8) is 0 Å². The van der Waals surface area contributed by atoms with Gasteiger partial charge in [-0.2, -0.15) is 5.10 Å². The average molecular weight is 225 g/mol. The normalized spacial score (nSPS) is 22.1. The summed E-state index contributed by atoms with van der Waals surface area (Å²) in [6.45, 7) is 1.16. The molecule has 86 valence electrons. The van der Waals surface area contributed by atoms with Crippen molar-refractivity contribution >= 4 is 0 Å². The molecule has 1 aliphatic carbocycles. The van der Waals surface area contributed by atoms with Gasteiger partial charge in [0.15, 0.2) is 0 Å². The third kappa shape index (κ3) is 1.17. The predicted octanol–water partition coefficient (Wildman–Crippen LogP) is 2.16. The summed E-state index contributed by atoms with van der Waals surface area (Å²) in [6.07, 6.45) is 4.30. The number of likely N-dealkylation sites (N-methyl/N-ethyl adjacent to an activating group) is 1. The number of H-pyrrole nitrogens is 1. The molecule has 4 rings (SSSR count). The predicted molar refractivity (Wildman–Crippen MR) is 66.8 cm³/mol. The number of nitrogens with zero attached hydrogens (tertiary/aromatic N) is 2. The molecule has 1 unspecified atom stereocenters. The van der Waals surface area contributed by atoms with Gasteiger partial charge >= 0.3 is 0 Å². The first-order valence-electron chi connectivity index (χ1n) is 6.19. The number of benzene rings is 1. The van der Waals surface area contributed by atoms with Gasteiger partial charge in [-0.25, -0.2) is 0 Å². The summed E-state index contributed by atoms with van der Waals surface area (Å²) in [4.78, 5) is 2.47. The van der Waals surface area contributed by atoms with Crippen LogP contribution in [0.3, 0.4) is 0 Å². The molecule has 2 aliphatic rings. The molecule has 0 saturated heterocycles. The summed E-state index contributed by atoms with van der Waals surface area (Å²) in [5.41, 5.74) is 6.88. The van der Waals surface area contributed by atoms with E-state index in [2.05, 4.69) is 40.3 Å². The first-order valence-corrected chi connectivity index (χ1v) is 6.19. The van der Waals surface area contributed by atoms with Crippen molar-refractivity contribution in [2.75, 3.05) is 13.6 Å². The standard InChI is InChI=1S/C14H15N3/c1-17-6-5-9-3-2-4-11-13(9)12(17)7-10-8-15-16-14(10)11/h2-4,8,12H,5-7H2,1H3,(H,15,16). The van der Waals surface area contributed by atoms with Crippen molar-refractivity contribution in [3.05, 3.63) is 41.1 Å². The van der Waals surface area contributed by atoms with E-state index in [9.17, 15) is 0 Å². The van der Waals surface area contributed by atoms with Gasteiger partial charge in [-0.3, -0.25) is 10.00 Å². The third-order valence-corrected chi connectivity index (χ3v) is 4.18. The van der Waals surface area contributed by atoms with Gasteiger partial charge in [-0.1, -0.05) is 18.2 Å². The van der Waals surface area contributed by atoms with Crippen molar-refractivity contribution in [1.82, 2.24) is 15.1 Å². The zero-order valence-electron chi connectivity index (χ0n) is 9.90. The summed E-state index contributed by atoms with van der Waals surface area (Å²) in [6, 6.07) is 7.20. The molecule has 1 aromatic heterocycles. The maximum absolute atomic E-state index is 4.41. The maximum Gasteiger partial charge on any atom is 0.0956 e. The first-order chi connectivity index (χ1) is 8.34. The van der Waals surface area contributed by atoms with E-state index in [0.29, 0.717) is 6.04 Å². The highest BCUT2D eigenvalue weighted by atomic mass is 15.1. The molecule has 0 spiro atoms. The number of hydrogen-bond acceptors (Lipinski definition) is 2. The Labute approximate surface area is 100 Å². The molecule has 0 bridgehead atoms. The van der Waals surface area contributed by atoms with Crippen LogP contribution < -0.4 is 0 Å². The van der Waals surface area contributed by atoms with Gasteiger partial charge in [0, 0.05) is 24.3 Å². The molecule has 1 aromatic carbocycles. The van der Waals surface area contributed by atoms with Crippen LogP contribution in [0, 0.1) is 0 Å². The van der Waals surface area contributed by atoms with Crippen LogP contribution in [-0.2, 0) is 12.8 Å². The monoisotopic (exact) mass is 225 g/mol. The van der Waals surface area contributed by atoms with Gasteiger partial charge in [0.25, 0.3) is 0 Å². The number of nitrogens with one attached hydrogen (secondary N) is 1. The first kappa shape index (κ1) is 9.42. The Morgan fingerprint density at radius 2 is 2.29 bits per heavy atom. The molecule has 0 radical (unpaired) electrons. The van der Waals surface area contributed by atoms with E-state index in [1.165, 1.54) is 22.3 Å². The molecule has 1 N–H and O–H groups in total. The highest BCUT2D eigenvalue weighted by Crippen LogP contribution is 2.43. The molecule has 0 amide bonds. The topological polar surface area (TPSA) is 31.9 Å². The van der Waals surface area contributed by atoms with Crippen LogP contribution in [0.4, 0.5) is 0 Å². The molecule has 3 heteroatoms. The molecule has 0 saturated carbocycles. The zero-order chi connectivity index (χ0) is 11.4. The lowest BCUT2D eigenvalue weighted by atomic mass is 9.80. The SMILES string of the molecule is CN1CCc2cccc3c2C1Cc1c[nH]nc1-3. The van der Waals surface area contributed by atoms with E-state index in [1.807, 2.05) is 6.20 Å². The lowest BCUT2D eigenvalue weighted by Gasteiger charge is -2.38. The lowest BCUT2D eigenvalue weighted by Crippen LogP contribution is -2.35. The van der Waals surface area contributed by atoms with Crippen LogP contribution >= 0.6 is 0 Å². The van der Waals surface area contributed by atoms with E-state index in [4.69, 9.17) is 0 Å². The van der Waals surface area contributed by atoms with Gasteiger partial charge in [-0.05, 0) is 36.6 Å². The fraction of sp³-hybridized carbons (Fsp3) is 0.357. The molecule has 1 aliphatic heterocycles. The highest BCUT2D eigenvalue weighted by molar-refractivity contribution is 5.72. The van der Waals surface area contributed by atoms with Gasteiger partial charge in [0.05, 0.1) is 5.69 Å². The van der Waals surface area contributed by atoms with Gasteiger partial charge in [0.2, 0.25) is 0 Å². The molecule has 1 atom stereocenters. The van der Waals surface area contributed by atoms with E-state index in [0.717, 1.165) is 25.1 Å². The molecular weight excluding hydrogens is 210 g/mol. The Bertz CT molecular complexity index is 585. The third-order valence-electron chi connectivity index (χ3n) is 4.18. The Morgan fingerprint density at radius 1 is 1.35 bits per heavy atom. The van der Waals surface area contributed by atoms with E-state index in [-0.39, 0.29) is 0 Å². The number of rotatable bonds is 0. The Hall–Kier alpha value is -1.61. The molecule has 3 nitrogen and oxygen atoms in total. The fourth-order valence-corrected chi connectivity index (χ4v) is 3.27. The molecule has 2 aromatic rings. The lowest BCUT2D eigenvalue weighted by molar-refractivity contribution is 0.228. The fourth-order valence-electron chi connectivity index (χ4n) is 3.27. The quantitative estimate of drug-likeness (QED) is 0.745. The number of aromatic nitrogens is 2. The van der Waals surface area contributed by atoms with E-state index in [1.54, 1.807) is 0 Å². The van der Waals surface area contributed by atoms with E-state index >= 15 is 0 Å². The Kier molecular flexibility index (Phi) is 1.77. The Balaban J connectivity index is 2.03. The second-order valence-corrected chi connectivity index (χ2v) is 5.09. The maximum atomic E-state index is 4.41. The van der Waals surface area contributed by atoms with E-state index < -0.39 is 0 Å².